The van der Waals surface area contributed by atoms with Crippen LogP contribution in [0.1, 0.15) is 48.0 Å². The van der Waals surface area contributed by atoms with Crippen LogP contribution in [0.25, 0.3) is 0 Å². The Balaban J connectivity index is 1.03. The van der Waals surface area contributed by atoms with Crippen LogP contribution in [0.15, 0.2) is 0 Å². The van der Waals surface area contributed by atoms with Gasteiger partial charge >= 0.3 is 5.97 Å². The predicted molar refractivity (Wildman–Crippen MR) is 403 cm³/mol. The number of rotatable bonds is 35. The molecule has 0 spiro atoms. The Hall–Kier alpha value is -5.02. The van der Waals surface area contributed by atoms with Gasteiger partial charge in [0.15, 0.2) is 56.6 Å². The standard InChI is InChI=1S/C73H121N5O53/c1-17-38(94)48(104)51(107)67(114-17)126-58-37(78-22(6)91)66(121-31(15-86)56(58)125-69-53(109)60(43(99)28(12-83)117-69)131-73(72(111)112)7-23(92)33(74-18(2)87)57(130-73)39(95)24(93)8-79)129-62-50(106)42(98)27(11-82)119-71(62)127-59-44(100)32(16-113-70-61(49(105)41(97)26(10-81)118-70)128-64-35(76-20(4)89)45(101)40(96)25(9-80)116-64)122-68(52(59)108)124-55-30(14-85)120-65(36(47(55)103)77-21(5)90)123-54-29(13-84)115-63(110)34(46(54)102)75-19(3)88/h17,23-71,79-86,92-110H,7-16H2,1-6H3,(H,74,87)(H,75,88)(H,76,89)(H,77,90)(H,78,91)(H,111,112)/t17-,23-,24+,25+,26+,27+,28+,29+,30+,31+,32+,33+,34+,35+,36+,37+,38+,39+,40+,41+,42+,43-,44+,45+,46+,47+,48+,49-,50-,51-,52-,53+,54+,55+,56+,57+,58+,59-,60-,61-,62-,63+,64-,65-,66-,67-,68-,69-,70-,71+,73-/m0/s1. The van der Waals surface area contributed by atoms with Crippen LogP contribution in [0.5, 0.6) is 0 Å². The summed E-state index contributed by atoms with van der Waals surface area (Å²) in [5.74, 6) is -10.3. The second-order valence-electron chi connectivity index (χ2n) is 33.1. The lowest BCUT2D eigenvalue weighted by Crippen LogP contribution is -2.72. The monoisotopic (exact) mass is 1920 g/mol. The number of aliphatic hydroxyl groups is 27. The van der Waals surface area contributed by atoms with Crippen LogP contribution in [-0.4, -0.2) is 550 Å². The van der Waals surface area contributed by atoms with Crippen LogP contribution in [0, 0.1) is 0 Å². The van der Waals surface area contributed by atoms with Crippen molar-refractivity contribution < 1.29 is 262 Å². The summed E-state index contributed by atoms with van der Waals surface area (Å²) in [6, 6.07) is -9.51. The summed E-state index contributed by atoms with van der Waals surface area (Å²) < 4.78 is 115. The van der Waals surface area contributed by atoms with Gasteiger partial charge < -0.3 is 260 Å². The fraction of sp³-hybridized carbons (Fsp3) is 0.918. The molecule has 10 aliphatic heterocycles. The average Bonchev–Trinajstić information content (AvgIpc) is 0.751. The second-order valence-corrected chi connectivity index (χ2v) is 33.1. The van der Waals surface area contributed by atoms with Gasteiger partial charge in [-0.25, -0.2) is 4.79 Å². The summed E-state index contributed by atoms with van der Waals surface area (Å²) in [6.07, 6.45) is -101. The molecule has 10 heterocycles. The number of carbonyl (C=O) groups excluding carboxylic acids is 5. The first-order valence-electron chi connectivity index (χ1n) is 41.6. The molecule has 58 heteroatoms. The van der Waals surface area contributed by atoms with Gasteiger partial charge in [-0.3, -0.25) is 24.0 Å². The molecule has 756 valence electrons. The number of ether oxygens (including phenoxy) is 19. The van der Waals surface area contributed by atoms with Crippen LogP contribution in [-0.2, 0) is 119 Å². The van der Waals surface area contributed by atoms with Gasteiger partial charge in [-0.2, -0.15) is 0 Å². The van der Waals surface area contributed by atoms with Crippen molar-refractivity contribution in [3.05, 3.63) is 0 Å². The fourth-order valence-electron chi connectivity index (χ4n) is 17.0. The Labute approximate surface area is 741 Å². The second kappa shape index (κ2) is 46.6. The molecular weight excluding hydrogens is 1790 g/mol. The lowest BCUT2D eigenvalue weighted by molar-refractivity contribution is -0.406. The van der Waals surface area contributed by atoms with Crippen molar-refractivity contribution in [2.75, 3.05) is 59.5 Å². The average molecular weight is 1920 g/mol. The third-order valence-electron chi connectivity index (χ3n) is 23.8. The van der Waals surface area contributed by atoms with Crippen LogP contribution in [0.2, 0.25) is 0 Å². The van der Waals surface area contributed by atoms with Crippen LogP contribution in [0.4, 0.5) is 0 Å². The highest BCUT2D eigenvalue weighted by atomic mass is 16.8. The molecule has 10 aliphatic rings. The zero-order valence-electron chi connectivity index (χ0n) is 70.7. The first kappa shape index (κ1) is 108. The number of aliphatic hydroxyl groups excluding tert-OH is 27. The maximum atomic E-state index is 13.8. The lowest BCUT2D eigenvalue weighted by atomic mass is 9.88. The van der Waals surface area contributed by atoms with Gasteiger partial charge in [0.1, 0.15) is 232 Å². The van der Waals surface area contributed by atoms with E-state index in [0.29, 0.717) is 0 Å². The molecule has 0 radical (unpaired) electrons. The van der Waals surface area contributed by atoms with Crippen molar-refractivity contribution in [2.24, 2.45) is 0 Å². The van der Waals surface area contributed by atoms with Gasteiger partial charge in [0.05, 0.1) is 77.7 Å². The van der Waals surface area contributed by atoms with Gasteiger partial charge in [0.2, 0.25) is 29.5 Å². The minimum absolute atomic E-state index is 0.814. The highest BCUT2D eigenvalue weighted by Crippen LogP contribution is 2.43. The van der Waals surface area contributed by atoms with Gasteiger partial charge in [0.25, 0.3) is 5.79 Å². The van der Waals surface area contributed by atoms with E-state index in [4.69, 9.17) is 90.0 Å². The highest BCUT2D eigenvalue weighted by Gasteiger charge is 2.65. The summed E-state index contributed by atoms with van der Waals surface area (Å²) in [4.78, 5) is 77.6. The third-order valence-corrected chi connectivity index (χ3v) is 23.8. The molecule has 33 N–H and O–H groups in total. The molecule has 10 rings (SSSR count). The number of hydrogen-bond acceptors (Lipinski definition) is 52. The Kier molecular flexibility index (Phi) is 38.4. The van der Waals surface area contributed by atoms with E-state index in [1.54, 1.807) is 0 Å². The summed E-state index contributed by atoms with van der Waals surface area (Å²) in [6.45, 7) is -5.10. The minimum atomic E-state index is -3.39. The maximum absolute atomic E-state index is 13.8. The smallest absolute Gasteiger partial charge is 0.364 e. The maximum Gasteiger partial charge on any atom is 0.364 e. The molecule has 0 aromatic heterocycles. The van der Waals surface area contributed by atoms with Crippen molar-refractivity contribution >= 4 is 35.5 Å². The van der Waals surface area contributed by atoms with Crippen LogP contribution >= 0.6 is 0 Å². The fourth-order valence-corrected chi connectivity index (χ4v) is 17.0. The number of carbonyl (C=O) groups is 6. The molecule has 51 atom stereocenters. The van der Waals surface area contributed by atoms with Gasteiger partial charge in [0, 0.05) is 41.0 Å². The molecule has 10 fully saturated rings. The zero-order valence-corrected chi connectivity index (χ0v) is 70.7. The first-order valence-corrected chi connectivity index (χ1v) is 41.6. The number of carboxylic acids is 1. The molecule has 5 amide bonds. The van der Waals surface area contributed by atoms with Gasteiger partial charge in [-0.05, 0) is 6.92 Å². The lowest BCUT2D eigenvalue weighted by Gasteiger charge is -2.52. The molecule has 10 saturated heterocycles. The molecule has 0 aromatic rings. The molecule has 0 aliphatic carbocycles. The van der Waals surface area contributed by atoms with Crippen molar-refractivity contribution in [3.63, 3.8) is 0 Å². The van der Waals surface area contributed by atoms with Crippen LogP contribution in [0.3, 0.4) is 0 Å². The van der Waals surface area contributed by atoms with E-state index >= 15 is 0 Å². The Morgan fingerprint density at radius 3 is 1.20 bits per heavy atom. The largest absolute Gasteiger partial charge is 0.477 e. The van der Waals surface area contributed by atoms with E-state index in [9.17, 15) is 172 Å². The number of amides is 5. The Bertz CT molecular complexity index is 3670. The van der Waals surface area contributed by atoms with E-state index < -0.39 is 414 Å². The van der Waals surface area contributed by atoms with E-state index in [-0.39, 0.29) is 0 Å². The van der Waals surface area contributed by atoms with Crippen molar-refractivity contribution in [1.29, 1.82) is 0 Å². The number of hydrogen-bond donors (Lipinski definition) is 33. The summed E-state index contributed by atoms with van der Waals surface area (Å²) in [5.41, 5.74) is 0. The summed E-state index contributed by atoms with van der Waals surface area (Å²) in [5, 5.41) is 328. The minimum Gasteiger partial charge on any atom is -0.477 e. The highest BCUT2D eigenvalue weighted by molar-refractivity contribution is 5.77. The molecule has 0 bridgehead atoms. The number of carboxylic acid groups (broad SMARTS) is 1. The molecule has 0 unspecified atom stereocenters. The zero-order chi connectivity index (χ0) is 96.9. The van der Waals surface area contributed by atoms with E-state index in [1.807, 2.05) is 0 Å². The number of aliphatic carboxylic acids is 1. The van der Waals surface area contributed by atoms with Crippen LogP contribution < -0.4 is 26.6 Å². The Morgan fingerprint density at radius 2 is 0.687 bits per heavy atom. The van der Waals surface area contributed by atoms with Crippen molar-refractivity contribution in [3.8, 4) is 0 Å². The first-order chi connectivity index (χ1) is 61.8. The molecule has 131 heavy (non-hydrogen) atoms. The third kappa shape index (κ3) is 23.9. The van der Waals surface area contributed by atoms with Gasteiger partial charge in [-0.15, -0.1) is 0 Å². The summed E-state index contributed by atoms with van der Waals surface area (Å²) >= 11 is 0. The number of nitrogens with one attached hydrogen (secondary N) is 5. The van der Waals surface area contributed by atoms with E-state index in [2.05, 4.69) is 26.6 Å². The van der Waals surface area contributed by atoms with Crippen molar-refractivity contribution in [2.45, 2.75) is 360 Å². The van der Waals surface area contributed by atoms with E-state index in [1.165, 1.54) is 6.92 Å². The molecule has 0 saturated carbocycles. The molecule has 58 nitrogen and oxygen atoms in total. The van der Waals surface area contributed by atoms with Crippen molar-refractivity contribution in [1.82, 2.24) is 26.6 Å². The SMILES string of the molecule is CC(=O)N[C@@H]1[C@@H](O)[C@H](O[C@@H]2O[C@H](CO)[C@@H](O[C@@H]3O[C@H](CO[C@H]4O[C@H](CO)[C@@H](O)[C@H](O)[C@@H]4O[C@@H]4O[C@H](CO)[C@@H](O)[C@H](O)[C@H]4NC(C)=O)[C@@H](O)[C@H](O[C@H]4O[C@H](CO)[C@@H](O)[C@H](O)[C@@H]4O[C@@H]4O[C@H](CO)[C@@H](O[C@@H]5O[C@H](CO)[C@H](O)[C@H](O[C@]6(C(=O)O)C[C@H](O)[C@@H](NC(C)=O)[C@H]([C@H](O)[C@H](O)CO)O6)[C@H]5O)[C@H](O[C@@H]5O[C@@H](C)[C@@H](O)[C@@H](O)[C@@H]5O)[C@H]4NC(C)=O)[C@@H]3O)[C@H](O)[C@H]2NC(C)=O)[C@@H](CO)O[C@H]1O. The Morgan fingerprint density at radius 1 is 0.328 bits per heavy atom. The topological polar surface area (TPSA) is 904 Å². The molecular formula is C73H121N5O53. The van der Waals surface area contributed by atoms with E-state index in [0.717, 1.165) is 34.6 Å². The summed E-state index contributed by atoms with van der Waals surface area (Å²) in [7, 11) is 0. The van der Waals surface area contributed by atoms with Gasteiger partial charge in [-0.1, -0.05) is 0 Å². The normalized spacial score (nSPS) is 47.5. The quantitative estimate of drug-likeness (QED) is 0.0280. The predicted octanol–water partition coefficient (Wildman–Crippen LogP) is -21.9. The molecule has 0 aromatic carbocycles.